The fraction of sp³-hybridized carbons (Fsp3) is 0.467. The van der Waals surface area contributed by atoms with Crippen molar-refractivity contribution in [1.82, 2.24) is 19.9 Å². The Labute approximate surface area is 159 Å². The second kappa shape index (κ2) is 7.68. The maximum Gasteiger partial charge on any atom is 0.350 e. The Hall–Kier alpha value is -2.41. The molecule has 1 aliphatic rings. The molecule has 2 aromatic rings. The zero-order chi connectivity index (χ0) is 19.6. The van der Waals surface area contributed by atoms with Crippen LogP contribution in [0.4, 0.5) is 11.8 Å². The molecule has 11 nitrogen and oxygen atoms in total. The number of hydroxylamine groups is 3. The molecular formula is C15H21N7O4S. The molecule has 1 saturated heterocycles. The zero-order valence-electron chi connectivity index (χ0n) is 15.3. The minimum Gasteiger partial charge on any atom is -0.633 e. The fourth-order valence-corrected chi connectivity index (χ4v) is 3.70. The molecule has 0 aromatic carbocycles. The van der Waals surface area contributed by atoms with Gasteiger partial charge in [-0.1, -0.05) is 0 Å². The highest BCUT2D eigenvalue weighted by atomic mass is 32.2. The van der Waals surface area contributed by atoms with Crippen LogP contribution in [0.25, 0.3) is 0 Å². The second-order valence-electron chi connectivity index (χ2n) is 6.14. The van der Waals surface area contributed by atoms with Crippen molar-refractivity contribution in [2.45, 2.75) is 10.1 Å². The van der Waals surface area contributed by atoms with Gasteiger partial charge >= 0.3 is 5.16 Å². The van der Waals surface area contributed by atoms with Crippen molar-refractivity contribution in [2.75, 3.05) is 58.1 Å². The third-order valence-electron chi connectivity index (χ3n) is 4.15. The van der Waals surface area contributed by atoms with Crippen LogP contribution in [0, 0.1) is 5.21 Å². The summed E-state index contributed by atoms with van der Waals surface area (Å²) in [5, 5.41) is 12.0. The Bertz CT molecular complexity index is 787. The van der Waals surface area contributed by atoms with E-state index in [9.17, 15) is 9.76 Å². The highest BCUT2D eigenvalue weighted by Crippen LogP contribution is 2.35. The standard InChI is InChI=1S/C15H21N7O4S/c1-22(23)8-6-21(7-9-22)14-19-12(25-2)11(13(20-14)26-3)27(24)15-17-5-4-10(16)18-15/h4-5H,6-9H2,1-3H3,(H2,16,17,18). The molecule has 0 spiro atoms. The first-order valence-corrected chi connectivity index (χ1v) is 9.30. The van der Waals surface area contributed by atoms with Gasteiger partial charge in [0, 0.05) is 6.20 Å². The molecule has 1 unspecified atom stereocenters. The van der Waals surface area contributed by atoms with Crippen molar-refractivity contribution in [1.29, 1.82) is 0 Å². The molecule has 3 heterocycles. The van der Waals surface area contributed by atoms with E-state index in [1.54, 1.807) is 7.05 Å². The zero-order valence-corrected chi connectivity index (χ0v) is 16.1. The number of ether oxygens (including phenoxy) is 2. The van der Waals surface area contributed by atoms with Crippen molar-refractivity contribution < 1.29 is 18.7 Å². The number of piperazine rings is 1. The van der Waals surface area contributed by atoms with Crippen LogP contribution >= 0.6 is 0 Å². The summed E-state index contributed by atoms with van der Waals surface area (Å²) >= 11 is -1.85. The van der Waals surface area contributed by atoms with Crippen LogP contribution in [0.3, 0.4) is 0 Å². The van der Waals surface area contributed by atoms with Gasteiger partial charge in [0.05, 0.1) is 58.6 Å². The monoisotopic (exact) mass is 395 g/mol. The summed E-state index contributed by atoms with van der Waals surface area (Å²) in [7, 11) is 4.46. The van der Waals surface area contributed by atoms with E-state index in [0.717, 1.165) is 0 Å². The quantitative estimate of drug-likeness (QED) is 0.312. The Balaban J connectivity index is 1.98. The molecule has 27 heavy (non-hydrogen) atoms. The number of rotatable bonds is 5. The largest absolute Gasteiger partial charge is 0.633 e. The molecule has 2 N–H and O–H groups in total. The van der Waals surface area contributed by atoms with Gasteiger partial charge in [-0.3, -0.25) is 0 Å². The van der Waals surface area contributed by atoms with Crippen LogP contribution in [0.5, 0.6) is 11.8 Å². The molecule has 0 amide bonds. The number of nitrogens with two attached hydrogens (primary N) is 1. The number of nitrogens with zero attached hydrogens (tertiary/aromatic N) is 6. The second-order valence-corrected chi connectivity index (χ2v) is 7.45. The molecule has 1 atom stereocenters. The van der Waals surface area contributed by atoms with Gasteiger partial charge in [0.1, 0.15) is 5.82 Å². The van der Waals surface area contributed by atoms with E-state index in [2.05, 4.69) is 19.9 Å². The van der Waals surface area contributed by atoms with Crippen molar-refractivity contribution >= 4 is 22.9 Å². The van der Waals surface area contributed by atoms with Gasteiger partial charge in [-0.05, 0) is 6.07 Å². The SMILES string of the molecule is COc1nc(N2CC[N+](C)([O-])CC2)nc(OC)c1[S+]([O-])c1nccc(N)n1. The summed E-state index contributed by atoms with van der Waals surface area (Å²) in [5.41, 5.74) is 5.65. The Morgan fingerprint density at radius 1 is 1.15 bits per heavy atom. The van der Waals surface area contributed by atoms with E-state index in [0.29, 0.717) is 32.1 Å². The minimum absolute atomic E-state index is 0.000319. The first-order valence-electron chi connectivity index (χ1n) is 8.15. The smallest absolute Gasteiger partial charge is 0.350 e. The van der Waals surface area contributed by atoms with Crippen LogP contribution in [0.2, 0.25) is 0 Å². The number of aromatic nitrogens is 4. The topological polar surface area (TPSA) is 145 Å². The lowest BCUT2D eigenvalue weighted by Gasteiger charge is -2.45. The highest BCUT2D eigenvalue weighted by Gasteiger charge is 2.34. The average molecular weight is 395 g/mol. The Kier molecular flexibility index (Phi) is 5.51. The first-order chi connectivity index (χ1) is 12.8. The molecule has 1 aliphatic heterocycles. The molecule has 12 heteroatoms. The summed E-state index contributed by atoms with van der Waals surface area (Å²) in [4.78, 5) is 18.7. The minimum atomic E-state index is -1.85. The van der Waals surface area contributed by atoms with Crippen molar-refractivity contribution in [2.24, 2.45) is 0 Å². The highest BCUT2D eigenvalue weighted by molar-refractivity contribution is 7.91. The number of methoxy groups -OCH3 is 2. The van der Waals surface area contributed by atoms with Crippen molar-refractivity contribution in [3.8, 4) is 11.8 Å². The van der Waals surface area contributed by atoms with Gasteiger partial charge < -0.3 is 34.5 Å². The Morgan fingerprint density at radius 2 is 1.74 bits per heavy atom. The normalized spacial score (nSPS) is 17.4. The lowest BCUT2D eigenvalue weighted by molar-refractivity contribution is -0.861. The molecule has 0 saturated carbocycles. The number of nitrogen functional groups attached to an aromatic ring is 1. The predicted octanol–water partition coefficient (Wildman–Crippen LogP) is -0.203. The van der Waals surface area contributed by atoms with Crippen molar-refractivity contribution in [3.63, 3.8) is 0 Å². The van der Waals surface area contributed by atoms with E-state index >= 15 is 0 Å². The molecule has 2 aromatic heterocycles. The molecule has 0 radical (unpaired) electrons. The molecular weight excluding hydrogens is 374 g/mol. The van der Waals surface area contributed by atoms with E-state index < -0.39 is 11.2 Å². The number of hydrogen-bond donors (Lipinski definition) is 1. The lowest BCUT2D eigenvalue weighted by atomic mass is 10.3. The number of likely N-dealkylation sites (N-methyl/N-ethyl adjacent to an activating group) is 1. The van der Waals surface area contributed by atoms with Gasteiger partial charge in [-0.25, -0.2) is 0 Å². The van der Waals surface area contributed by atoms with E-state index in [4.69, 9.17) is 15.2 Å². The molecule has 1 fully saturated rings. The van der Waals surface area contributed by atoms with Gasteiger partial charge in [0.2, 0.25) is 5.95 Å². The van der Waals surface area contributed by atoms with Crippen LogP contribution in [0.1, 0.15) is 0 Å². The number of anilines is 2. The number of quaternary nitrogens is 1. The average Bonchev–Trinajstić information content (AvgIpc) is 2.66. The lowest BCUT2D eigenvalue weighted by Crippen LogP contribution is -2.54. The summed E-state index contributed by atoms with van der Waals surface area (Å²) in [6.45, 7) is 1.82. The molecule has 0 bridgehead atoms. The van der Waals surface area contributed by atoms with Crippen LogP contribution in [-0.4, -0.2) is 76.6 Å². The van der Waals surface area contributed by atoms with Crippen LogP contribution in [0.15, 0.2) is 22.3 Å². The maximum absolute atomic E-state index is 13.0. The number of hydrogen-bond acceptors (Lipinski definition) is 10. The van der Waals surface area contributed by atoms with Gasteiger partial charge in [-0.2, -0.15) is 19.9 Å². The Morgan fingerprint density at radius 3 is 2.26 bits per heavy atom. The van der Waals surface area contributed by atoms with Gasteiger partial charge in [0.15, 0.2) is 0 Å². The molecule has 146 valence electrons. The molecule has 0 aliphatic carbocycles. The third kappa shape index (κ3) is 4.13. The maximum atomic E-state index is 13.0. The van der Waals surface area contributed by atoms with Crippen LogP contribution in [-0.2, 0) is 11.2 Å². The summed E-state index contributed by atoms with van der Waals surface area (Å²) < 4.78 is 23.3. The summed E-state index contributed by atoms with van der Waals surface area (Å²) in [6.07, 6.45) is 1.41. The first kappa shape index (κ1) is 19.4. The predicted molar refractivity (Wildman–Crippen MR) is 97.8 cm³/mol. The van der Waals surface area contributed by atoms with E-state index in [1.165, 1.54) is 26.5 Å². The summed E-state index contributed by atoms with van der Waals surface area (Å²) in [5.74, 6) is 0.714. The van der Waals surface area contributed by atoms with Crippen LogP contribution < -0.4 is 20.1 Å². The van der Waals surface area contributed by atoms with Crippen molar-refractivity contribution in [3.05, 3.63) is 17.5 Å². The van der Waals surface area contributed by atoms with E-state index in [-0.39, 0.29) is 32.3 Å². The molecule has 3 rings (SSSR count). The van der Waals surface area contributed by atoms with E-state index in [1.807, 2.05) is 4.90 Å². The summed E-state index contributed by atoms with van der Waals surface area (Å²) in [6, 6.07) is 1.49. The van der Waals surface area contributed by atoms with Gasteiger partial charge in [0.25, 0.3) is 16.7 Å². The third-order valence-corrected chi connectivity index (χ3v) is 5.40. The van der Waals surface area contributed by atoms with Gasteiger partial charge in [-0.15, -0.1) is 0 Å². The fourth-order valence-electron chi connectivity index (χ4n) is 2.60.